The third-order valence-corrected chi connectivity index (χ3v) is 6.42. The number of benzene rings is 1. The van der Waals surface area contributed by atoms with Gasteiger partial charge < -0.3 is 15.4 Å². The van der Waals surface area contributed by atoms with E-state index in [2.05, 4.69) is 4.74 Å². The molecule has 1 heterocycles. The Morgan fingerprint density at radius 2 is 1.89 bits per heavy atom. The summed E-state index contributed by atoms with van der Waals surface area (Å²) in [6, 6.07) is 5.17. The lowest BCUT2D eigenvalue weighted by molar-refractivity contribution is -0.125. The highest BCUT2D eigenvalue weighted by Crippen LogP contribution is 2.43. The monoisotopic (exact) mass is 400 g/mol. The molecule has 1 aromatic carbocycles. The Labute approximate surface area is 164 Å². The van der Waals surface area contributed by atoms with Crippen LogP contribution < -0.4 is 15.4 Å². The number of carbonyl (C=O) groups excluding carboxylic acids is 1. The summed E-state index contributed by atoms with van der Waals surface area (Å²) >= 11 is 0. The molecule has 4 nitrogen and oxygen atoms in total. The number of halogens is 3. The molecule has 1 amide bonds. The number of alkyl halides is 2. The van der Waals surface area contributed by atoms with Gasteiger partial charge in [-0.05, 0) is 74.1 Å². The average Bonchev–Trinajstić information content (AvgIpc) is 2.59. The van der Waals surface area contributed by atoms with Crippen molar-refractivity contribution >= 4 is 24.0 Å². The molecule has 2 fully saturated rings. The van der Waals surface area contributed by atoms with Gasteiger partial charge in [0, 0.05) is 24.2 Å². The Morgan fingerprint density at radius 1 is 1.19 bits per heavy atom. The Balaban J connectivity index is 0.00000210. The first-order valence-electron chi connectivity index (χ1n) is 9.67. The first-order valence-corrected chi connectivity index (χ1v) is 9.67. The van der Waals surface area contributed by atoms with Gasteiger partial charge in [-0.25, -0.2) is 0 Å². The number of amides is 1. The van der Waals surface area contributed by atoms with Crippen molar-refractivity contribution in [2.45, 2.75) is 57.6 Å². The van der Waals surface area contributed by atoms with Crippen LogP contribution in [0.15, 0.2) is 18.2 Å². The molecule has 0 aromatic heterocycles. The predicted molar refractivity (Wildman–Crippen MR) is 103 cm³/mol. The Morgan fingerprint density at radius 3 is 2.56 bits per heavy atom. The van der Waals surface area contributed by atoms with E-state index in [9.17, 15) is 13.6 Å². The number of anilines is 1. The minimum atomic E-state index is -2.83. The van der Waals surface area contributed by atoms with Gasteiger partial charge in [-0.2, -0.15) is 8.78 Å². The van der Waals surface area contributed by atoms with Gasteiger partial charge in [-0.15, -0.1) is 12.4 Å². The van der Waals surface area contributed by atoms with Crippen molar-refractivity contribution in [2.24, 2.45) is 23.5 Å². The van der Waals surface area contributed by atoms with Gasteiger partial charge in [-0.3, -0.25) is 4.79 Å². The van der Waals surface area contributed by atoms with E-state index >= 15 is 0 Å². The minimum absolute atomic E-state index is 0. The second-order valence-electron chi connectivity index (χ2n) is 7.96. The maximum Gasteiger partial charge on any atom is 0.387 e. The minimum Gasteiger partial charge on any atom is -0.435 e. The molecule has 0 radical (unpaired) electrons. The lowest BCUT2D eigenvalue weighted by atomic mass is 9.65. The molecule has 2 atom stereocenters. The Kier molecular flexibility index (Phi) is 6.26. The van der Waals surface area contributed by atoms with Crippen LogP contribution in [0.4, 0.5) is 14.5 Å². The van der Waals surface area contributed by atoms with E-state index in [4.69, 9.17) is 5.73 Å². The number of hydrogen-bond donors (Lipinski definition) is 1. The summed E-state index contributed by atoms with van der Waals surface area (Å²) < 4.78 is 29.4. The van der Waals surface area contributed by atoms with Gasteiger partial charge in [-0.1, -0.05) is 6.42 Å². The number of carbonyl (C=O) groups is 1. The SMILES string of the molecule is Cl.NC1C2CCCC1CC(C(=O)N1CCCc3cc(OC(F)F)ccc31)C2. The third-order valence-electron chi connectivity index (χ3n) is 6.42. The Bertz CT molecular complexity index is 674. The maximum absolute atomic E-state index is 13.3. The molecule has 7 heteroatoms. The van der Waals surface area contributed by atoms with E-state index in [1.165, 1.54) is 12.5 Å². The van der Waals surface area contributed by atoms with Crippen LogP contribution in [0.25, 0.3) is 0 Å². The zero-order valence-corrected chi connectivity index (χ0v) is 16.1. The van der Waals surface area contributed by atoms with Crippen LogP contribution in [0.3, 0.4) is 0 Å². The molecule has 2 saturated carbocycles. The summed E-state index contributed by atoms with van der Waals surface area (Å²) in [4.78, 5) is 15.1. The molecule has 0 saturated heterocycles. The molecular weight excluding hydrogens is 374 g/mol. The number of aryl methyl sites for hydroxylation is 1. The first-order chi connectivity index (χ1) is 12.5. The van der Waals surface area contributed by atoms with Crippen LogP contribution in [0.2, 0.25) is 0 Å². The second-order valence-corrected chi connectivity index (χ2v) is 7.96. The van der Waals surface area contributed by atoms with Gasteiger partial charge in [0.25, 0.3) is 0 Å². The average molecular weight is 401 g/mol. The van der Waals surface area contributed by atoms with Gasteiger partial charge in [0.1, 0.15) is 5.75 Å². The van der Waals surface area contributed by atoms with Crippen molar-refractivity contribution < 1.29 is 18.3 Å². The summed E-state index contributed by atoms with van der Waals surface area (Å²) in [5.41, 5.74) is 8.12. The zero-order valence-electron chi connectivity index (χ0n) is 15.3. The summed E-state index contributed by atoms with van der Waals surface area (Å²) in [6.07, 6.45) is 6.88. The third kappa shape index (κ3) is 4.06. The largest absolute Gasteiger partial charge is 0.435 e. The van der Waals surface area contributed by atoms with Crippen molar-refractivity contribution in [1.29, 1.82) is 0 Å². The van der Waals surface area contributed by atoms with E-state index in [-0.39, 0.29) is 36.0 Å². The number of nitrogens with two attached hydrogens (primary N) is 1. The molecule has 2 aliphatic carbocycles. The van der Waals surface area contributed by atoms with Gasteiger partial charge in [0.05, 0.1) is 0 Å². The zero-order chi connectivity index (χ0) is 18.3. The standard InChI is InChI=1S/C20H26F2N2O2.ClH/c21-20(22)26-16-6-7-17-12(11-16)5-2-8-24(17)19(25)15-9-13-3-1-4-14(10-15)18(13)23;/h6-7,11,13-15,18,20H,1-5,8-10,23H2;1H. The number of ether oxygens (including phenoxy) is 1. The highest BCUT2D eigenvalue weighted by Gasteiger charge is 2.42. The van der Waals surface area contributed by atoms with Gasteiger partial charge >= 0.3 is 6.61 Å². The smallest absolute Gasteiger partial charge is 0.387 e. The predicted octanol–water partition coefficient (Wildman–Crippen LogP) is 4.14. The van der Waals surface area contributed by atoms with E-state index in [1.807, 2.05) is 4.90 Å². The fraction of sp³-hybridized carbons (Fsp3) is 0.650. The summed E-state index contributed by atoms with van der Waals surface area (Å²) in [5.74, 6) is 1.29. The molecule has 1 aliphatic heterocycles. The van der Waals surface area contributed by atoms with Crippen LogP contribution in [0.1, 0.15) is 44.1 Å². The maximum atomic E-state index is 13.3. The lowest BCUT2D eigenvalue weighted by Crippen LogP contribution is -2.50. The Hall–Kier alpha value is -1.40. The summed E-state index contributed by atoms with van der Waals surface area (Å²) in [6.45, 7) is -2.14. The van der Waals surface area contributed by atoms with E-state index in [1.54, 1.807) is 12.1 Å². The van der Waals surface area contributed by atoms with Crippen molar-refractivity contribution in [3.05, 3.63) is 23.8 Å². The first kappa shape index (κ1) is 20.3. The molecule has 150 valence electrons. The lowest BCUT2D eigenvalue weighted by Gasteiger charge is -2.45. The second kappa shape index (κ2) is 8.31. The van der Waals surface area contributed by atoms with Crippen molar-refractivity contribution in [3.8, 4) is 5.75 Å². The van der Waals surface area contributed by atoms with Crippen LogP contribution in [0.5, 0.6) is 5.75 Å². The normalized spacial score (nSPS) is 29.7. The highest BCUT2D eigenvalue weighted by molar-refractivity contribution is 5.96. The molecule has 0 spiro atoms. The summed E-state index contributed by atoms with van der Waals surface area (Å²) in [5, 5.41) is 0. The topological polar surface area (TPSA) is 55.6 Å². The summed E-state index contributed by atoms with van der Waals surface area (Å²) in [7, 11) is 0. The van der Waals surface area contributed by atoms with Gasteiger partial charge in [0.2, 0.25) is 5.91 Å². The number of nitrogens with zero attached hydrogens (tertiary/aromatic N) is 1. The number of rotatable bonds is 3. The number of fused-ring (bicyclic) bond motifs is 3. The van der Waals surface area contributed by atoms with Crippen LogP contribution >= 0.6 is 12.4 Å². The molecular formula is C20H27ClF2N2O2. The molecule has 2 bridgehead atoms. The molecule has 27 heavy (non-hydrogen) atoms. The van der Waals surface area contributed by atoms with E-state index < -0.39 is 6.61 Å². The molecule has 2 unspecified atom stereocenters. The van der Waals surface area contributed by atoms with Crippen molar-refractivity contribution in [2.75, 3.05) is 11.4 Å². The quantitative estimate of drug-likeness (QED) is 0.829. The highest BCUT2D eigenvalue weighted by atomic mass is 35.5. The molecule has 1 aromatic rings. The van der Waals surface area contributed by atoms with Crippen LogP contribution in [-0.2, 0) is 11.2 Å². The van der Waals surface area contributed by atoms with E-state index in [0.29, 0.717) is 18.4 Å². The van der Waals surface area contributed by atoms with E-state index in [0.717, 1.165) is 49.8 Å². The van der Waals surface area contributed by atoms with Crippen LogP contribution in [-0.4, -0.2) is 25.1 Å². The molecule has 3 aliphatic rings. The fourth-order valence-electron chi connectivity index (χ4n) is 5.19. The molecule has 4 rings (SSSR count). The number of hydrogen-bond acceptors (Lipinski definition) is 3. The van der Waals surface area contributed by atoms with Crippen LogP contribution in [0, 0.1) is 17.8 Å². The van der Waals surface area contributed by atoms with Crippen molar-refractivity contribution in [3.63, 3.8) is 0 Å². The fourth-order valence-corrected chi connectivity index (χ4v) is 5.19. The van der Waals surface area contributed by atoms with Gasteiger partial charge in [0.15, 0.2) is 0 Å². The molecule has 2 N–H and O–H groups in total. The van der Waals surface area contributed by atoms with Crippen molar-refractivity contribution in [1.82, 2.24) is 0 Å².